The second-order valence-corrected chi connectivity index (χ2v) is 2.87. The van der Waals surface area contributed by atoms with E-state index in [1.807, 2.05) is 20.0 Å². The molecule has 0 aliphatic heterocycles. The van der Waals surface area contributed by atoms with Gasteiger partial charge in [-0.15, -0.1) is 0 Å². The molecule has 0 aromatic rings. The monoisotopic (exact) mass is 177 g/mol. The van der Waals surface area contributed by atoms with Crippen LogP contribution in [0.1, 0.15) is 20.3 Å². The van der Waals surface area contributed by atoms with Gasteiger partial charge in [0, 0.05) is 12.7 Å². The second kappa shape index (κ2) is 6.30. The van der Waals surface area contributed by atoms with Crippen molar-refractivity contribution in [3.8, 4) is 0 Å². The molecule has 0 radical (unpaired) electrons. The first kappa shape index (κ1) is 11.8. The molecule has 0 rings (SSSR count). The fourth-order valence-electron chi connectivity index (χ4n) is 1.06. The van der Waals surface area contributed by atoms with Crippen molar-refractivity contribution in [2.75, 3.05) is 7.05 Å². The molecule has 1 heteroatoms. The van der Waals surface area contributed by atoms with Crippen LogP contribution >= 0.6 is 0 Å². The molecule has 0 aliphatic carbocycles. The van der Waals surface area contributed by atoms with Crippen LogP contribution in [0, 0.1) is 0 Å². The summed E-state index contributed by atoms with van der Waals surface area (Å²) in [4.78, 5) is 0. The van der Waals surface area contributed by atoms with Gasteiger partial charge in [-0.1, -0.05) is 32.2 Å². The Morgan fingerprint density at radius 1 is 1.46 bits per heavy atom. The summed E-state index contributed by atoms with van der Waals surface area (Å²) in [6.45, 7) is 11.8. The molecule has 0 saturated carbocycles. The van der Waals surface area contributed by atoms with E-state index in [2.05, 4.69) is 37.6 Å². The lowest BCUT2D eigenvalue weighted by Crippen LogP contribution is -2.06. The minimum atomic E-state index is 1.03. The van der Waals surface area contributed by atoms with Crippen LogP contribution in [-0.4, -0.2) is 7.05 Å². The van der Waals surface area contributed by atoms with E-state index in [0.29, 0.717) is 0 Å². The number of hydrogen-bond donors (Lipinski definition) is 1. The van der Waals surface area contributed by atoms with Gasteiger partial charge in [-0.3, -0.25) is 0 Å². The number of likely N-dealkylation sites (N-methyl/N-ethyl adjacent to an activating group) is 1. The summed E-state index contributed by atoms with van der Waals surface area (Å²) in [5.74, 6) is 0. The van der Waals surface area contributed by atoms with E-state index in [1.165, 1.54) is 0 Å². The predicted octanol–water partition coefficient (Wildman–Crippen LogP) is 3.19. The Balaban J connectivity index is 4.93. The summed E-state index contributed by atoms with van der Waals surface area (Å²) in [6, 6.07) is 0. The third kappa shape index (κ3) is 3.79. The molecule has 0 heterocycles. The Hall–Kier alpha value is -1.24. The molecule has 13 heavy (non-hydrogen) atoms. The van der Waals surface area contributed by atoms with Crippen molar-refractivity contribution in [1.82, 2.24) is 5.32 Å². The lowest BCUT2D eigenvalue weighted by Gasteiger charge is -2.07. The van der Waals surface area contributed by atoms with E-state index >= 15 is 0 Å². The maximum Gasteiger partial charge on any atom is 0.0410 e. The average molecular weight is 177 g/mol. The highest BCUT2D eigenvalue weighted by Crippen LogP contribution is 2.13. The van der Waals surface area contributed by atoms with Crippen LogP contribution < -0.4 is 5.32 Å². The van der Waals surface area contributed by atoms with Gasteiger partial charge in [-0.2, -0.15) is 0 Å². The van der Waals surface area contributed by atoms with Gasteiger partial charge >= 0.3 is 0 Å². The minimum absolute atomic E-state index is 1.03. The van der Waals surface area contributed by atoms with Crippen LogP contribution in [0.15, 0.2) is 48.2 Å². The van der Waals surface area contributed by atoms with E-state index < -0.39 is 0 Å². The zero-order chi connectivity index (χ0) is 10.3. The van der Waals surface area contributed by atoms with Gasteiger partial charge in [-0.25, -0.2) is 0 Å². The van der Waals surface area contributed by atoms with Crippen molar-refractivity contribution in [2.24, 2.45) is 0 Å². The lowest BCUT2D eigenvalue weighted by atomic mass is 10.1. The molecule has 0 atom stereocenters. The predicted molar refractivity (Wildman–Crippen MR) is 60.5 cm³/mol. The summed E-state index contributed by atoms with van der Waals surface area (Å²) in [7, 11) is 1.90. The van der Waals surface area contributed by atoms with Gasteiger partial charge in [-0.05, 0) is 30.6 Å². The van der Waals surface area contributed by atoms with Crippen molar-refractivity contribution in [2.45, 2.75) is 20.3 Å². The fraction of sp³-hybridized carbons (Fsp3) is 0.333. The number of rotatable bonds is 5. The zero-order valence-corrected chi connectivity index (χ0v) is 8.85. The van der Waals surface area contributed by atoms with E-state index in [1.54, 1.807) is 0 Å². The summed E-state index contributed by atoms with van der Waals surface area (Å²) < 4.78 is 0. The second-order valence-electron chi connectivity index (χ2n) is 2.87. The van der Waals surface area contributed by atoms with Crippen LogP contribution in [0.2, 0.25) is 0 Å². The topological polar surface area (TPSA) is 12.0 Å². The Labute approximate surface area is 81.5 Å². The smallest absolute Gasteiger partial charge is 0.0410 e. The lowest BCUT2D eigenvalue weighted by molar-refractivity contribution is 1.01. The average Bonchev–Trinajstić information content (AvgIpc) is 2.11. The van der Waals surface area contributed by atoms with Crippen molar-refractivity contribution >= 4 is 0 Å². The third-order valence-corrected chi connectivity index (χ3v) is 1.74. The molecular formula is C12H19N. The maximum absolute atomic E-state index is 3.90. The number of nitrogens with one attached hydrogen (secondary N) is 1. The van der Waals surface area contributed by atoms with Crippen molar-refractivity contribution in [1.29, 1.82) is 0 Å². The standard InChI is InChI=1S/C12H19N/c1-6-8-9-12(13-5)11(7-2)10(3)4/h7-9,13H,2-3,6H2,1,4-5H3/b9-8-,12-11+. The van der Waals surface area contributed by atoms with Crippen molar-refractivity contribution in [3.63, 3.8) is 0 Å². The Kier molecular flexibility index (Phi) is 5.69. The Morgan fingerprint density at radius 3 is 2.38 bits per heavy atom. The molecule has 0 aliphatic rings. The normalized spacial score (nSPS) is 12.5. The number of hydrogen-bond acceptors (Lipinski definition) is 1. The molecule has 1 nitrogen and oxygen atoms in total. The fourth-order valence-corrected chi connectivity index (χ4v) is 1.06. The highest BCUT2D eigenvalue weighted by atomic mass is 14.8. The quantitative estimate of drug-likeness (QED) is 0.636. The van der Waals surface area contributed by atoms with Crippen molar-refractivity contribution < 1.29 is 0 Å². The highest BCUT2D eigenvalue weighted by molar-refractivity contribution is 5.43. The summed E-state index contributed by atoms with van der Waals surface area (Å²) >= 11 is 0. The summed E-state index contributed by atoms with van der Waals surface area (Å²) in [6.07, 6.45) is 7.03. The SMILES string of the molecule is C=C/C(C(=C)C)=C(/C=C\CC)NC. The van der Waals surface area contributed by atoms with E-state index in [4.69, 9.17) is 0 Å². The first-order valence-corrected chi connectivity index (χ1v) is 4.54. The molecule has 0 saturated heterocycles. The highest BCUT2D eigenvalue weighted by Gasteiger charge is 1.98. The van der Waals surface area contributed by atoms with E-state index in [9.17, 15) is 0 Å². The molecule has 0 fully saturated rings. The summed E-state index contributed by atoms with van der Waals surface area (Å²) in [5, 5.41) is 3.13. The van der Waals surface area contributed by atoms with Crippen LogP contribution in [0.3, 0.4) is 0 Å². The van der Waals surface area contributed by atoms with Gasteiger partial charge in [0.05, 0.1) is 0 Å². The van der Waals surface area contributed by atoms with Crippen molar-refractivity contribution in [3.05, 3.63) is 48.2 Å². The molecular weight excluding hydrogens is 158 g/mol. The molecule has 1 N–H and O–H groups in total. The molecule has 0 aromatic heterocycles. The Bertz CT molecular complexity index is 244. The maximum atomic E-state index is 3.90. The largest absolute Gasteiger partial charge is 0.388 e. The van der Waals surface area contributed by atoms with Gasteiger partial charge in [0.1, 0.15) is 0 Å². The molecule has 0 unspecified atom stereocenters. The van der Waals surface area contributed by atoms with E-state index in [-0.39, 0.29) is 0 Å². The minimum Gasteiger partial charge on any atom is -0.388 e. The molecule has 72 valence electrons. The molecule has 0 bridgehead atoms. The van der Waals surface area contributed by atoms with Crippen LogP contribution in [-0.2, 0) is 0 Å². The van der Waals surface area contributed by atoms with Crippen LogP contribution in [0.25, 0.3) is 0 Å². The van der Waals surface area contributed by atoms with Gasteiger partial charge in [0.2, 0.25) is 0 Å². The van der Waals surface area contributed by atoms with E-state index in [0.717, 1.165) is 23.3 Å². The first-order valence-electron chi connectivity index (χ1n) is 4.54. The summed E-state index contributed by atoms with van der Waals surface area (Å²) in [5.41, 5.74) is 3.18. The van der Waals surface area contributed by atoms with Gasteiger partial charge in [0.25, 0.3) is 0 Å². The Morgan fingerprint density at radius 2 is 2.08 bits per heavy atom. The molecule has 0 aromatic carbocycles. The van der Waals surface area contributed by atoms with Gasteiger partial charge < -0.3 is 5.32 Å². The molecule has 0 amide bonds. The van der Waals surface area contributed by atoms with Crippen LogP contribution in [0.4, 0.5) is 0 Å². The van der Waals surface area contributed by atoms with Gasteiger partial charge in [0.15, 0.2) is 0 Å². The van der Waals surface area contributed by atoms with Crippen LogP contribution in [0.5, 0.6) is 0 Å². The first-order chi connectivity index (χ1) is 6.17. The zero-order valence-electron chi connectivity index (χ0n) is 8.85. The molecule has 0 spiro atoms. The number of allylic oxidation sites excluding steroid dienone is 5. The third-order valence-electron chi connectivity index (χ3n) is 1.74.